The van der Waals surface area contributed by atoms with Gasteiger partial charge in [0.1, 0.15) is 34.6 Å². The van der Waals surface area contributed by atoms with Crippen molar-refractivity contribution in [3.05, 3.63) is 83.4 Å². The third kappa shape index (κ3) is 16.0. The molecule has 5 N–H and O–H groups in total. The lowest BCUT2D eigenvalue weighted by atomic mass is 9.91. The summed E-state index contributed by atoms with van der Waals surface area (Å²) in [7, 11) is 0. The van der Waals surface area contributed by atoms with E-state index in [0.29, 0.717) is 31.4 Å². The largest absolute Gasteiger partial charge is 0.508 e. The topological polar surface area (TPSA) is 138 Å². The molecule has 0 heterocycles. The van der Waals surface area contributed by atoms with Crippen molar-refractivity contribution in [1.82, 2.24) is 0 Å². The number of Topliss-reactive ketones (excluding diaryl/α,β-unsaturated/α-hetero) is 3. The van der Waals surface area contributed by atoms with Crippen LogP contribution in [0.25, 0.3) is 0 Å². The molecule has 0 amide bonds. The van der Waals surface area contributed by atoms with E-state index in [1.165, 1.54) is 11.6 Å². The first-order valence-corrected chi connectivity index (χ1v) is 13.2. The Hall–Kier alpha value is -4.13. The molecule has 7 heteroatoms. The summed E-state index contributed by atoms with van der Waals surface area (Å²) in [6.07, 6.45) is 5.63. The van der Waals surface area contributed by atoms with Gasteiger partial charge in [-0.15, -0.1) is 0 Å². The third-order valence-corrected chi connectivity index (χ3v) is 5.56. The minimum Gasteiger partial charge on any atom is -0.508 e. The van der Waals surface area contributed by atoms with E-state index in [2.05, 4.69) is 0 Å². The Morgan fingerprint density at radius 1 is 0.775 bits per heavy atom. The molecule has 3 aromatic rings. The first-order chi connectivity index (χ1) is 18.5. The number of hydrogen-bond acceptors (Lipinski definition) is 7. The molecule has 0 atom stereocenters. The van der Waals surface area contributed by atoms with E-state index in [-0.39, 0.29) is 42.0 Å². The highest BCUT2D eigenvalue weighted by Gasteiger charge is 2.15. The highest BCUT2D eigenvalue weighted by molar-refractivity contribution is 5.83. The molecule has 4 rings (SSSR count). The van der Waals surface area contributed by atoms with Gasteiger partial charge in [0.2, 0.25) is 0 Å². The van der Waals surface area contributed by atoms with E-state index in [9.17, 15) is 14.4 Å². The van der Waals surface area contributed by atoms with Crippen LogP contribution in [0.3, 0.4) is 0 Å². The molecule has 0 bridgehead atoms. The van der Waals surface area contributed by atoms with Gasteiger partial charge < -0.3 is 25.8 Å². The van der Waals surface area contributed by atoms with Crippen LogP contribution >= 0.6 is 0 Å². The molecule has 7 nitrogen and oxygen atoms in total. The Morgan fingerprint density at radius 3 is 1.88 bits per heavy atom. The van der Waals surface area contributed by atoms with E-state index in [0.717, 1.165) is 36.8 Å². The van der Waals surface area contributed by atoms with E-state index in [1.807, 2.05) is 26.0 Å². The zero-order valence-corrected chi connectivity index (χ0v) is 23.2. The summed E-state index contributed by atoms with van der Waals surface area (Å²) in [5, 5.41) is 27.0. The van der Waals surface area contributed by atoms with Crippen molar-refractivity contribution in [3.63, 3.8) is 0 Å². The summed E-state index contributed by atoms with van der Waals surface area (Å²) in [4.78, 5) is 32.3. The van der Waals surface area contributed by atoms with Crippen molar-refractivity contribution < 1.29 is 29.7 Å². The second kappa shape index (κ2) is 19.9. The van der Waals surface area contributed by atoms with Crippen molar-refractivity contribution >= 4 is 23.0 Å². The van der Waals surface area contributed by atoms with Gasteiger partial charge in [-0.05, 0) is 79.3 Å². The minimum absolute atomic E-state index is 0. The average Bonchev–Trinajstić information content (AvgIpc) is 2.85. The fraction of sp³-hybridized carbons (Fsp3) is 0.364. The van der Waals surface area contributed by atoms with Crippen LogP contribution in [0.4, 0.5) is 5.69 Å². The number of ketones is 3. The van der Waals surface area contributed by atoms with E-state index in [1.54, 1.807) is 55.5 Å². The number of carbonyl (C=O) groups excluding carboxylic acids is 3. The second-order valence-corrected chi connectivity index (χ2v) is 9.35. The molecule has 218 valence electrons. The molecule has 0 fully saturated rings. The number of hydrogen-bond donors (Lipinski definition) is 4. The second-order valence-electron chi connectivity index (χ2n) is 9.35. The maximum atomic E-state index is 11.2. The normalized spacial score (nSPS) is 11.0. The number of phenolic OH excluding ortho intramolecular Hbond substituents is 3. The lowest BCUT2D eigenvalue weighted by molar-refractivity contribution is -0.119. The Balaban J connectivity index is 0.000000524. The lowest BCUT2D eigenvalue weighted by Gasteiger charge is -2.14. The van der Waals surface area contributed by atoms with Crippen molar-refractivity contribution in [2.45, 2.75) is 79.6 Å². The van der Waals surface area contributed by atoms with Gasteiger partial charge in [-0.3, -0.25) is 9.59 Å². The predicted octanol–water partition coefficient (Wildman–Crippen LogP) is 6.74. The number of aryl methyl sites for hydroxylation is 1. The number of carbonyl (C=O) groups is 3. The number of anilines is 1. The molecule has 0 spiro atoms. The van der Waals surface area contributed by atoms with Crippen LogP contribution in [0.1, 0.15) is 77.0 Å². The van der Waals surface area contributed by atoms with Gasteiger partial charge in [0, 0.05) is 43.9 Å². The molecule has 1 aliphatic rings. The summed E-state index contributed by atoms with van der Waals surface area (Å²) in [5.74, 6) is 1.48. The minimum atomic E-state index is 0. The van der Waals surface area contributed by atoms with E-state index in [4.69, 9.17) is 21.1 Å². The lowest BCUT2D eigenvalue weighted by Crippen LogP contribution is -2.12. The molecule has 0 unspecified atom stereocenters. The molecule has 0 saturated carbocycles. The first kappa shape index (κ1) is 35.9. The number of benzene rings is 3. The quantitative estimate of drug-likeness (QED) is 0.249. The molecule has 0 aliphatic heterocycles. The van der Waals surface area contributed by atoms with Crippen molar-refractivity contribution in [3.8, 4) is 17.2 Å². The van der Waals surface area contributed by atoms with Gasteiger partial charge in [-0.25, -0.2) is 0 Å². The fourth-order valence-electron chi connectivity index (χ4n) is 3.73. The number of rotatable bonds is 6. The number of nitrogens with two attached hydrogens (primary N) is 1. The molecule has 0 saturated heterocycles. The summed E-state index contributed by atoms with van der Waals surface area (Å²) < 4.78 is 0. The third-order valence-electron chi connectivity index (χ3n) is 5.56. The predicted molar refractivity (Wildman–Crippen MR) is 162 cm³/mol. The Bertz CT molecular complexity index is 1190. The van der Waals surface area contributed by atoms with Gasteiger partial charge in [-0.1, -0.05) is 45.5 Å². The smallest absolute Gasteiger partial charge is 0.137 e. The van der Waals surface area contributed by atoms with Crippen LogP contribution in [0.2, 0.25) is 0 Å². The first-order valence-electron chi connectivity index (χ1n) is 13.2. The van der Waals surface area contributed by atoms with Crippen molar-refractivity contribution in [2.75, 3.05) is 5.73 Å². The molecule has 40 heavy (non-hydrogen) atoms. The summed E-state index contributed by atoms with van der Waals surface area (Å²) in [6, 6.07) is 18.6. The maximum Gasteiger partial charge on any atom is 0.137 e. The molecular formula is C33H45NO6. The summed E-state index contributed by atoms with van der Waals surface area (Å²) in [6.45, 7) is 5.60. The van der Waals surface area contributed by atoms with Crippen LogP contribution in [0.5, 0.6) is 17.2 Å². The molecule has 0 radical (unpaired) electrons. The maximum absolute atomic E-state index is 11.2. The highest BCUT2D eigenvalue weighted by atomic mass is 16.3. The van der Waals surface area contributed by atoms with Crippen LogP contribution in [-0.4, -0.2) is 32.7 Å². The van der Waals surface area contributed by atoms with Crippen molar-refractivity contribution in [1.29, 1.82) is 0 Å². The zero-order chi connectivity index (χ0) is 29.2. The van der Waals surface area contributed by atoms with Crippen LogP contribution in [-0.2, 0) is 33.6 Å². The van der Waals surface area contributed by atoms with Crippen LogP contribution in [0, 0.1) is 0 Å². The van der Waals surface area contributed by atoms with Crippen molar-refractivity contribution in [2.24, 2.45) is 0 Å². The van der Waals surface area contributed by atoms with Crippen LogP contribution in [0.15, 0.2) is 66.7 Å². The van der Waals surface area contributed by atoms with Gasteiger partial charge in [-0.2, -0.15) is 0 Å². The van der Waals surface area contributed by atoms with Gasteiger partial charge in [0.25, 0.3) is 0 Å². The zero-order valence-electron chi connectivity index (χ0n) is 23.2. The average molecular weight is 552 g/mol. The number of nitrogen functional groups attached to an aromatic ring is 1. The number of phenols is 3. The highest BCUT2D eigenvalue weighted by Crippen LogP contribution is 2.23. The van der Waals surface area contributed by atoms with E-state index >= 15 is 0 Å². The van der Waals surface area contributed by atoms with Gasteiger partial charge >= 0.3 is 0 Å². The monoisotopic (exact) mass is 551 g/mol. The summed E-state index contributed by atoms with van der Waals surface area (Å²) >= 11 is 0. The molecule has 0 aromatic heterocycles. The SMILES string of the molecule is C.CCCC(=O)Cc1cccc(O)c1.CCCC(C)=O.Nc1cccc(O)c1.O=C1CCc2ccc(O)cc2C1. The van der Waals surface area contributed by atoms with Gasteiger partial charge in [0.05, 0.1) is 0 Å². The van der Waals surface area contributed by atoms with Gasteiger partial charge in [0.15, 0.2) is 0 Å². The standard InChI is InChI=1S/C11H14O2.C10H10O2.C6H7NO.C5H10O.CH4/c1-2-4-10(12)7-9-5-3-6-11(13)8-9;11-9-3-1-7-2-4-10(12)6-8(7)5-9;7-5-2-1-3-6(8)4-5;1-3-4-5(2)6;/h3,5-6,8,13H,2,4,7H2,1H3;1,3,5,11H,2,4,6H2;1-4,8H,7H2;3-4H2,1-2H3;1H4. The Kier molecular flexibility index (Phi) is 17.8. The van der Waals surface area contributed by atoms with E-state index < -0.39 is 0 Å². The molecule has 3 aromatic carbocycles. The Morgan fingerprint density at radius 2 is 1.38 bits per heavy atom. The number of fused-ring (bicyclic) bond motifs is 1. The van der Waals surface area contributed by atoms with Crippen LogP contribution < -0.4 is 5.73 Å². The Labute approximate surface area is 238 Å². The summed E-state index contributed by atoms with van der Waals surface area (Å²) in [5.41, 5.74) is 8.97. The fourth-order valence-corrected chi connectivity index (χ4v) is 3.73. The molecule has 1 aliphatic carbocycles. The molecular weight excluding hydrogens is 506 g/mol. The number of aromatic hydroxyl groups is 3.